The van der Waals surface area contributed by atoms with Crippen molar-refractivity contribution >= 4 is 27.9 Å². The molecular weight excluding hydrogens is 420 g/mol. The third-order valence-corrected chi connectivity index (χ3v) is 5.08. The fraction of sp³-hybridized carbons (Fsp3) is 0.318. The maximum atomic E-state index is 12.2. The van der Waals surface area contributed by atoms with Crippen molar-refractivity contribution in [2.24, 2.45) is 0 Å². The van der Waals surface area contributed by atoms with Gasteiger partial charge in [-0.3, -0.25) is 9.69 Å². The first-order valence-corrected chi connectivity index (χ1v) is 10.1. The van der Waals surface area contributed by atoms with Crippen LogP contribution in [0.3, 0.4) is 0 Å². The summed E-state index contributed by atoms with van der Waals surface area (Å²) in [5, 5.41) is 2.93. The number of halogens is 1. The summed E-state index contributed by atoms with van der Waals surface area (Å²) in [5.74, 6) is 0.574. The van der Waals surface area contributed by atoms with Gasteiger partial charge in [0.2, 0.25) is 5.91 Å². The zero-order chi connectivity index (χ0) is 19.8. The van der Waals surface area contributed by atoms with E-state index < -0.39 is 0 Å². The second-order valence-electron chi connectivity index (χ2n) is 6.68. The second kappa shape index (κ2) is 10.4. The predicted molar refractivity (Wildman–Crippen MR) is 114 cm³/mol. The van der Waals surface area contributed by atoms with Crippen LogP contribution in [0.5, 0.6) is 5.75 Å². The lowest BCUT2D eigenvalue weighted by molar-refractivity contribution is -0.117. The summed E-state index contributed by atoms with van der Waals surface area (Å²) in [6, 6.07) is 16.1. The number of nitrogens with zero attached hydrogens (tertiary/aromatic N) is 1. The number of hydrogen-bond donors (Lipinski definition) is 1. The van der Waals surface area contributed by atoms with Crippen LogP contribution in [0.15, 0.2) is 59.1 Å². The molecule has 0 radical (unpaired) electrons. The molecular formula is C22H25BrN2O3. The number of nitrogens with one attached hydrogen (secondary N) is 1. The molecule has 148 valence electrons. The highest BCUT2D eigenvalue weighted by Crippen LogP contribution is 2.24. The molecule has 1 atom stereocenters. The first kappa shape index (κ1) is 20.6. The van der Waals surface area contributed by atoms with Crippen LogP contribution in [0.25, 0.3) is 6.08 Å². The summed E-state index contributed by atoms with van der Waals surface area (Å²) in [7, 11) is 1.61. The Kier molecular flexibility index (Phi) is 7.65. The summed E-state index contributed by atoms with van der Waals surface area (Å²) in [4.78, 5) is 14.6. The fourth-order valence-electron chi connectivity index (χ4n) is 3.16. The summed E-state index contributed by atoms with van der Waals surface area (Å²) >= 11 is 3.43. The molecule has 2 aromatic carbocycles. The van der Waals surface area contributed by atoms with Gasteiger partial charge in [-0.25, -0.2) is 0 Å². The zero-order valence-corrected chi connectivity index (χ0v) is 17.5. The van der Waals surface area contributed by atoms with Gasteiger partial charge in [0.1, 0.15) is 5.75 Å². The van der Waals surface area contributed by atoms with Crippen molar-refractivity contribution in [1.29, 1.82) is 0 Å². The first-order valence-electron chi connectivity index (χ1n) is 9.31. The van der Waals surface area contributed by atoms with E-state index in [-0.39, 0.29) is 12.0 Å². The SMILES string of the molecule is COc1ccc(Br)cc1C=CC(=O)NCC1CN(Cc2ccccc2)CCO1. The van der Waals surface area contributed by atoms with Gasteiger partial charge in [0, 0.05) is 42.3 Å². The Labute approximate surface area is 174 Å². The van der Waals surface area contributed by atoms with Crippen molar-refractivity contribution in [2.45, 2.75) is 12.6 Å². The zero-order valence-electron chi connectivity index (χ0n) is 15.9. The second-order valence-corrected chi connectivity index (χ2v) is 7.59. The molecule has 28 heavy (non-hydrogen) atoms. The van der Waals surface area contributed by atoms with Crippen LogP contribution >= 0.6 is 15.9 Å². The molecule has 1 fully saturated rings. The molecule has 6 heteroatoms. The van der Waals surface area contributed by atoms with Crippen LogP contribution in [0.1, 0.15) is 11.1 Å². The average molecular weight is 445 g/mol. The van der Waals surface area contributed by atoms with Crippen LogP contribution in [0, 0.1) is 0 Å². The Hall–Kier alpha value is -2.15. The lowest BCUT2D eigenvalue weighted by atomic mass is 10.2. The van der Waals surface area contributed by atoms with Gasteiger partial charge in [0.25, 0.3) is 0 Å². The monoisotopic (exact) mass is 444 g/mol. The lowest BCUT2D eigenvalue weighted by Crippen LogP contribution is -2.46. The quantitative estimate of drug-likeness (QED) is 0.664. The van der Waals surface area contributed by atoms with Gasteiger partial charge in [-0.05, 0) is 29.8 Å². The van der Waals surface area contributed by atoms with E-state index in [1.165, 1.54) is 11.6 Å². The number of carbonyl (C=O) groups excluding carboxylic acids is 1. The van der Waals surface area contributed by atoms with Gasteiger partial charge in [0.15, 0.2) is 0 Å². The minimum absolute atomic E-state index is 0.00443. The van der Waals surface area contributed by atoms with Crippen LogP contribution in [0.2, 0.25) is 0 Å². The Morgan fingerprint density at radius 1 is 1.32 bits per heavy atom. The largest absolute Gasteiger partial charge is 0.496 e. The van der Waals surface area contributed by atoms with Crippen molar-refractivity contribution in [3.63, 3.8) is 0 Å². The molecule has 2 aromatic rings. The number of amides is 1. The number of ether oxygens (including phenoxy) is 2. The van der Waals surface area contributed by atoms with Crippen LogP contribution < -0.4 is 10.1 Å². The number of benzene rings is 2. The van der Waals surface area contributed by atoms with Gasteiger partial charge in [-0.2, -0.15) is 0 Å². The maximum absolute atomic E-state index is 12.2. The van der Waals surface area contributed by atoms with E-state index in [4.69, 9.17) is 9.47 Å². The third-order valence-electron chi connectivity index (χ3n) is 4.58. The Morgan fingerprint density at radius 3 is 2.93 bits per heavy atom. The molecule has 1 aliphatic rings. The molecule has 1 amide bonds. The number of methoxy groups -OCH3 is 1. The van der Waals surface area contributed by atoms with Crippen molar-refractivity contribution in [3.8, 4) is 5.75 Å². The summed E-state index contributed by atoms with van der Waals surface area (Å²) in [6.45, 7) is 3.78. The number of hydrogen-bond acceptors (Lipinski definition) is 4. The summed E-state index contributed by atoms with van der Waals surface area (Å²) in [5.41, 5.74) is 2.13. The predicted octanol–water partition coefficient (Wildman–Crippen LogP) is 3.49. The summed E-state index contributed by atoms with van der Waals surface area (Å²) in [6.07, 6.45) is 3.27. The molecule has 1 saturated heterocycles. The van der Waals surface area contributed by atoms with E-state index in [0.29, 0.717) is 13.2 Å². The van der Waals surface area contributed by atoms with E-state index in [9.17, 15) is 4.79 Å². The van der Waals surface area contributed by atoms with Crippen molar-refractivity contribution in [3.05, 3.63) is 70.2 Å². The Morgan fingerprint density at radius 2 is 2.14 bits per heavy atom. The standard InChI is InChI=1S/C22H25BrN2O3/c1-27-21-9-8-19(23)13-18(21)7-10-22(26)24-14-20-16-25(11-12-28-20)15-17-5-3-2-4-6-17/h2-10,13,20H,11-12,14-16H2,1H3,(H,24,26). The molecule has 1 unspecified atom stereocenters. The Bertz CT molecular complexity index is 811. The molecule has 0 spiro atoms. The normalized spacial score (nSPS) is 17.6. The maximum Gasteiger partial charge on any atom is 0.244 e. The van der Waals surface area contributed by atoms with Crippen molar-refractivity contribution in [2.75, 3.05) is 33.4 Å². The van der Waals surface area contributed by atoms with E-state index in [0.717, 1.165) is 35.4 Å². The van der Waals surface area contributed by atoms with Crippen molar-refractivity contribution < 1.29 is 14.3 Å². The molecule has 5 nitrogen and oxygen atoms in total. The van der Waals surface area contributed by atoms with E-state index in [1.807, 2.05) is 24.3 Å². The molecule has 0 aromatic heterocycles. The van der Waals surface area contributed by atoms with Gasteiger partial charge in [0.05, 0.1) is 19.8 Å². The highest BCUT2D eigenvalue weighted by atomic mass is 79.9. The number of carbonyl (C=O) groups is 1. The molecule has 1 N–H and O–H groups in total. The van der Waals surface area contributed by atoms with Crippen LogP contribution in [0.4, 0.5) is 0 Å². The molecule has 1 aliphatic heterocycles. The topological polar surface area (TPSA) is 50.8 Å². The highest BCUT2D eigenvalue weighted by molar-refractivity contribution is 9.10. The minimum Gasteiger partial charge on any atom is -0.496 e. The molecule has 0 bridgehead atoms. The minimum atomic E-state index is -0.147. The number of rotatable bonds is 7. The van der Waals surface area contributed by atoms with E-state index >= 15 is 0 Å². The van der Waals surface area contributed by atoms with Gasteiger partial charge < -0.3 is 14.8 Å². The fourth-order valence-corrected chi connectivity index (χ4v) is 3.54. The van der Waals surface area contributed by atoms with Crippen molar-refractivity contribution in [1.82, 2.24) is 10.2 Å². The van der Waals surface area contributed by atoms with Gasteiger partial charge in [-0.15, -0.1) is 0 Å². The lowest BCUT2D eigenvalue weighted by Gasteiger charge is -2.33. The average Bonchev–Trinajstić information content (AvgIpc) is 2.72. The molecule has 3 rings (SSSR count). The van der Waals surface area contributed by atoms with Gasteiger partial charge in [-0.1, -0.05) is 46.3 Å². The third kappa shape index (κ3) is 6.19. The first-order chi connectivity index (χ1) is 13.6. The van der Waals surface area contributed by atoms with E-state index in [2.05, 4.69) is 50.4 Å². The van der Waals surface area contributed by atoms with Crippen LogP contribution in [-0.2, 0) is 16.1 Å². The molecule has 0 aliphatic carbocycles. The smallest absolute Gasteiger partial charge is 0.244 e. The molecule has 0 saturated carbocycles. The van der Waals surface area contributed by atoms with E-state index in [1.54, 1.807) is 13.2 Å². The van der Waals surface area contributed by atoms with Gasteiger partial charge >= 0.3 is 0 Å². The summed E-state index contributed by atoms with van der Waals surface area (Å²) < 4.78 is 12.1. The Balaban J connectivity index is 1.48. The molecule has 1 heterocycles. The number of morpholine rings is 1. The van der Waals surface area contributed by atoms with Crippen LogP contribution in [-0.4, -0.2) is 50.3 Å². The highest BCUT2D eigenvalue weighted by Gasteiger charge is 2.20.